The van der Waals surface area contributed by atoms with Crippen molar-refractivity contribution in [3.8, 4) is 0 Å². The topological polar surface area (TPSA) is 37.3 Å². The lowest BCUT2D eigenvalue weighted by atomic mass is 9.65. The van der Waals surface area contributed by atoms with E-state index in [1.54, 1.807) is 0 Å². The summed E-state index contributed by atoms with van der Waals surface area (Å²) in [6.45, 7) is 0. The zero-order valence-electron chi connectivity index (χ0n) is 8.80. The molecule has 0 aliphatic heterocycles. The van der Waals surface area contributed by atoms with E-state index in [1.165, 1.54) is 25.7 Å². The number of aliphatic carboxylic acids is 1. The summed E-state index contributed by atoms with van der Waals surface area (Å²) in [4.78, 5) is 11.4. The molecule has 2 rings (SSSR count). The fourth-order valence-electron chi connectivity index (χ4n) is 2.98. The molecule has 2 nitrogen and oxygen atoms in total. The van der Waals surface area contributed by atoms with Crippen molar-refractivity contribution in [2.45, 2.75) is 57.8 Å². The summed E-state index contributed by atoms with van der Waals surface area (Å²) < 4.78 is 0. The predicted molar refractivity (Wildman–Crippen MR) is 55.1 cm³/mol. The molecule has 80 valence electrons. The summed E-state index contributed by atoms with van der Waals surface area (Å²) in [6, 6.07) is 0. The van der Waals surface area contributed by atoms with Gasteiger partial charge in [-0.1, -0.05) is 38.5 Å². The summed E-state index contributed by atoms with van der Waals surface area (Å²) in [6.07, 6.45) is 10.2. The third-order valence-electron chi connectivity index (χ3n) is 4.17. The van der Waals surface area contributed by atoms with Crippen molar-refractivity contribution in [1.29, 1.82) is 0 Å². The number of rotatable bonds is 3. The fraction of sp³-hybridized carbons (Fsp3) is 0.917. The SMILES string of the molecule is O=C(O)C1(CC2CCC2)CCCCC1. The second-order valence-corrected chi connectivity index (χ2v) is 5.15. The maximum atomic E-state index is 11.4. The lowest BCUT2D eigenvalue weighted by Gasteiger charge is -2.39. The van der Waals surface area contributed by atoms with Crippen LogP contribution in [0.3, 0.4) is 0 Å². The molecule has 2 aliphatic carbocycles. The highest BCUT2D eigenvalue weighted by molar-refractivity contribution is 5.74. The number of carboxylic acids is 1. The van der Waals surface area contributed by atoms with Crippen LogP contribution in [0.4, 0.5) is 0 Å². The Kier molecular flexibility index (Phi) is 2.80. The van der Waals surface area contributed by atoms with Gasteiger partial charge in [-0.05, 0) is 25.2 Å². The lowest BCUT2D eigenvalue weighted by molar-refractivity contribution is -0.153. The van der Waals surface area contributed by atoms with Crippen LogP contribution in [0.2, 0.25) is 0 Å². The third-order valence-corrected chi connectivity index (χ3v) is 4.17. The van der Waals surface area contributed by atoms with Gasteiger partial charge < -0.3 is 5.11 Å². The Bertz CT molecular complexity index is 212. The molecule has 2 fully saturated rings. The van der Waals surface area contributed by atoms with E-state index in [0.717, 1.165) is 38.0 Å². The molecule has 0 aromatic heterocycles. The summed E-state index contributed by atoms with van der Waals surface area (Å²) in [5.74, 6) is 0.202. The van der Waals surface area contributed by atoms with Gasteiger partial charge in [0.1, 0.15) is 0 Å². The highest BCUT2D eigenvalue weighted by Crippen LogP contribution is 2.46. The first kappa shape index (κ1) is 10.0. The van der Waals surface area contributed by atoms with Gasteiger partial charge in [0, 0.05) is 0 Å². The van der Waals surface area contributed by atoms with E-state index in [2.05, 4.69) is 0 Å². The molecule has 0 spiro atoms. The molecule has 0 bridgehead atoms. The molecule has 0 aromatic carbocycles. The maximum absolute atomic E-state index is 11.4. The Morgan fingerprint density at radius 3 is 2.21 bits per heavy atom. The van der Waals surface area contributed by atoms with Crippen molar-refractivity contribution < 1.29 is 9.90 Å². The van der Waals surface area contributed by atoms with Gasteiger partial charge in [-0.3, -0.25) is 4.79 Å². The normalized spacial score (nSPS) is 26.9. The zero-order valence-corrected chi connectivity index (χ0v) is 8.80. The summed E-state index contributed by atoms with van der Waals surface area (Å²) in [5.41, 5.74) is -0.330. The molecule has 0 radical (unpaired) electrons. The van der Waals surface area contributed by atoms with Crippen molar-refractivity contribution in [1.82, 2.24) is 0 Å². The summed E-state index contributed by atoms with van der Waals surface area (Å²) >= 11 is 0. The van der Waals surface area contributed by atoms with Crippen LogP contribution >= 0.6 is 0 Å². The molecule has 2 saturated carbocycles. The largest absolute Gasteiger partial charge is 0.481 e. The van der Waals surface area contributed by atoms with Crippen LogP contribution in [-0.2, 0) is 4.79 Å². The van der Waals surface area contributed by atoms with Crippen LogP contribution in [-0.4, -0.2) is 11.1 Å². The molecule has 0 unspecified atom stereocenters. The Morgan fingerprint density at radius 1 is 1.14 bits per heavy atom. The monoisotopic (exact) mass is 196 g/mol. The van der Waals surface area contributed by atoms with E-state index in [0.29, 0.717) is 0 Å². The summed E-state index contributed by atoms with van der Waals surface area (Å²) in [7, 11) is 0. The van der Waals surface area contributed by atoms with E-state index < -0.39 is 5.97 Å². The molecule has 0 aromatic rings. The van der Waals surface area contributed by atoms with E-state index in [1.807, 2.05) is 0 Å². The van der Waals surface area contributed by atoms with Crippen LogP contribution in [0, 0.1) is 11.3 Å². The smallest absolute Gasteiger partial charge is 0.309 e. The van der Waals surface area contributed by atoms with Crippen molar-refractivity contribution >= 4 is 5.97 Å². The van der Waals surface area contributed by atoms with Gasteiger partial charge in [0.2, 0.25) is 0 Å². The van der Waals surface area contributed by atoms with Gasteiger partial charge in [-0.15, -0.1) is 0 Å². The Balaban J connectivity index is 2.00. The predicted octanol–water partition coefficient (Wildman–Crippen LogP) is 3.21. The van der Waals surface area contributed by atoms with E-state index in [-0.39, 0.29) is 5.41 Å². The second kappa shape index (κ2) is 3.92. The fourth-order valence-corrected chi connectivity index (χ4v) is 2.98. The van der Waals surface area contributed by atoms with Crippen LogP contribution < -0.4 is 0 Å². The Morgan fingerprint density at radius 2 is 1.79 bits per heavy atom. The average molecular weight is 196 g/mol. The van der Waals surface area contributed by atoms with Crippen molar-refractivity contribution in [2.24, 2.45) is 11.3 Å². The van der Waals surface area contributed by atoms with Crippen LogP contribution in [0.25, 0.3) is 0 Å². The molecule has 2 aliphatic rings. The molecule has 0 amide bonds. The van der Waals surface area contributed by atoms with E-state index in [4.69, 9.17) is 0 Å². The second-order valence-electron chi connectivity index (χ2n) is 5.15. The molecule has 1 N–H and O–H groups in total. The van der Waals surface area contributed by atoms with Crippen molar-refractivity contribution in [3.63, 3.8) is 0 Å². The molecule has 0 saturated heterocycles. The number of carbonyl (C=O) groups is 1. The minimum absolute atomic E-state index is 0.330. The first-order valence-corrected chi connectivity index (χ1v) is 5.96. The molecule has 14 heavy (non-hydrogen) atoms. The van der Waals surface area contributed by atoms with Crippen LogP contribution in [0.1, 0.15) is 57.8 Å². The molecular weight excluding hydrogens is 176 g/mol. The van der Waals surface area contributed by atoms with E-state index >= 15 is 0 Å². The minimum atomic E-state index is -0.524. The highest BCUT2D eigenvalue weighted by Gasteiger charge is 2.42. The molecule has 0 atom stereocenters. The standard InChI is InChI=1S/C12H20O2/c13-11(14)12(7-2-1-3-8-12)9-10-5-4-6-10/h10H,1-9H2,(H,13,14). The Hall–Kier alpha value is -0.530. The van der Waals surface area contributed by atoms with Gasteiger partial charge in [0.25, 0.3) is 0 Å². The van der Waals surface area contributed by atoms with Gasteiger partial charge in [-0.2, -0.15) is 0 Å². The zero-order chi connectivity index (χ0) is 10.0. The number of carboxylic acid groups (broad SMARTS) is 1. The summed E-state index contributed by atoms with van der Waals surface area (Å²) in [5, 5.41) is 9.36. The lowest BCUT2D eigenvalue weighted by Crippen LogP contribution is -2.36. The van der Waals surface area contributed by atoms with Crippen LogP contribution in [0.5, 0.6) is 0 Å². The number of hydrogen-bond donors (Lipinski definition) is 1. The van der Waals surface area contributed by atoms with Crippen LogP contribution in [0.15, 0.2) is 0 Å². The van der Waals surface area contributed by atoms with Gasteiger partial charge in [0.05, 0.1) is 5.41 Å². The first-order chi connectivity index (χ1) is 6.73. The molecule has 0 heterocycles. The van der Waals surface area contributed by atoms with Crippen molar-refractivity contribution in [3.05, 3.63) is 0 Å². The average Bonchev–Trinajstić information content (AvgIpc) is 2.13. The van der Waals surface area contributed by atoms with Gasteiger partial charge >= 0.3 is 5.97 Å². The third kappa shape index (κ3) is 1.79. The first-order valence-electron chi connectivity index (χ1n) is 5.96. The van der Waals surface area contributed by atoms with Crippen molar-refractivity contribution in [2.75, 3.05) is 0 Å². The Labute approximate surface area is 85.7 Å². The van der Waals surface area contributed by atoms with Gasteiger partial charge in [-0.25, -0.2) is 0 Å². The highest BCUT2D eigenvalue weighted by atomic mass is 16.4. The molecular formula is C12H20O2. The van der Waals surface area contributed by atoms with E-state index in [9.17, 15) is 9.90 Å². The molecule has 2 heteroatoms. The quantitative estimate of drug-likeness (QED) is 0.752. The maximum Gasteiger partial charge on any atom is 0.309 e. The van der Waals surface area contributed by atoms with Gasteiger partial charge in [0.15, 0.2) is 0 Å². The minimum Gasteiger partial charge on any atom is -0.481 e. The number of hydrogen-bond acceptors (Lipinski definition) is 1.